The quantitative estimate of drug-likeness (QED) is 0.0730. The Morgan fingerprint density at radius 1 is 0.553 bits per heavy atom. The van der Waals surface area contributed by atoms with Crippen LogP contribution in [-0.4, -0.2) is 14.1 Å². The summed E-state index contributed by atoms with van der Waals surface area (Å²) in [7, 11) is 0. The molecular formula is C42H43N3O2. The Hall–Kier alpha value is -4.90. The summed E-state index contributed by atoms with van der Waals surface area (Å²) >= 11 is 0. The van der Waals surface area contributed by atoms with Crippen LogP contribution in [0.15, 0.2) is 103 Å². The number of non-ortho nitro benzene ring substituents is 1. The molecule has 2 heterocycles. The van der Waals surface area contributed by atoms with Crippen LogP contribution in [0.4, 0.5) is 5.69 Å². The minimum absolute atomic E-state index is 0.128. The molecule has 0 N–H and O–H groups in total. The summed E-state index contributed by atoms with van der Waals surface area (Å²) < 4.78 is 5.03. The van der Waals surface area contributed by atoms with Gasteiger partial charge >= 0.3 is 0 Å². The molecule has 0 amide bonds. The first-order valence-corrected chi connectivity index (χ1v) is 17.4. The van der Waals surface area contributed by atoms with Crippen molar-refractivity contribution >= 4 is 49.3 Å². The average molecular weight is 622 g/mol. The van der Waals surface area contributed by atoms with E-state index in [2.05, 4.69) is 108 Å². The molecule has 7 rings (SSSR count). The van der Waals surface area contributed by atoms with E-state index in [9.17, 15) is 10.1 Å². The summed E-state index contributed by atoms with van der Waals surface area (Å²) in [6.07, 6.45) is 9.26. The van der Waals surface area contributed by atoms with Gasteiger partial charge in [0.25, 0.3) is 5.69 Å². The van der Waals surface area contributed by atoms with Crippen LogP contribution in [0, 0.1) is 10.1 Å². The summed E-state index contributed by atoms with van der Waals surface area (Å²) in [4.78, 5) is 12.0. The predicted octanol–water partition coefficient (Wildman–Crippen LogP) is 12.3. The molecule has 0 unspecified atom stereocenters. The zero-order valence-corrected chi connectivity index (χ0v) is 27.5. The molecule has 238 valence electrons. The van der Waals surface area contributed by atoms with Gasteiger partial charge in [-0.05, 0) is 36.1 Å². The Bertz CT molecular complexity index is 2190. The van der Waals surface area contributed by atoms with E-state index >= 15 is 0 Å². The molecule has 47 heavy (non-hydrogen) atoms. The number of unbranched alkanes of at least 4 members (excludes halogenated alkanes) is 6. The summed E-state index contributed by atoms with van der Waals surface area (Å²) in [5.41, 5.74) is 9.50. The molecule has 0 radical (unpaired) electrons. The molecule has 0 bridgehead atoms. The summed E-state index contributed by atoms with van der Waals surface area (Å²) in [6, 6.07) is 35.8. The second kappa shape index (κ2) is 13.4. The third kappa shape index (κ3) is 5.48. The average Bonchev–Trinajstić information content (AvgIpc) is 3.60. The van der Waals surface area contributed by atoms with Crippen LogP contribution in [0.25, 0.3) is 65.9 Å². The highest BCUT2D eigenvalue weighted by Crippen LogP contribution is 2.51. The third-order valence-electron chi connectivity index (χ3n) is 9.80. The van der Waals surface area contributed by atoms with Crippen LogP contribution in [0.5, 0.6) is 0 Å². The molecule has 5 heteroatoms. The van der Waals surface area contributed by atoms with Gasteiger partial charge in [0.2, 0.25) is 0 Å². The first-order chi connectivity index (χ1) is 23.1. The van der Waals surface area contributed by atoms with Gasteiger partial charge in [0.05, 0.1) is 16.0 Å². The van der Waals surface area contributed by atoms with Crippen LogP contribution in [0.3, 0.4) is 0 Å². The smallest absolute Gasteiger partial charge is 0.270 e. The van der Waals surface area contributed by atoms with Gasteiger partial charge in [-0.15, -0.1) is 0 Å². The fourth-order valence-corrected chi connectivity index (χ4v) is 7.65. The summed E-state index contributed by atoms with van der Waals surface area (Å²) in [5, 5.41) is 16.8. The van der Waals surface area contributed by atoms with Crippen molar-refractivity contribution in [2.45, 2.75) is 78.3 Å². The van der Waals surface area contributed by atoms with E-state index in [-0.39, 0.29) is 10.6 Å². The fourth-order valence-electron chi connectivity index (χ4n) is 7.65. The van der Waals surface area contributed by atoms with E-state index in [1.807, 2.05) is 12.1 Å². The number of nitro groups is 1. The molecule has 0 fully saturated rings. The van der Waals surface area contributed by atoms with Crippen molar-refractivity contribution < 1.29 is 4.92 Å². The SMILES string of the molecule is CCCCCCn1c2ccccc2c2c(-c3ccccc3)c3c(c(-c4ccccc4)c21)c1cc([N+](=O)[O-])ccc1n3CCCCCC. The highest BCUT2D eigenvalue weighted by molar-refractivity contribution is 6.32. The fraction of sp³-hybridized carbons (Fsp3) is 0.286. The molecule has 0 aliphatic rings. The second-order valence-corrected chi connectivity index (χ2v) is 12.8. The van der Waals surface area contributed by atoms with Gasteiger partial charge in [0.15, 0.2) is 0 Å². The van der Waals surface area contributed by atoms with Gasteiger partial charge in [-0.2, -0.15) is 0 Å². The lowest BCUT2D eigenvalue weighted by atomic mass is 9.90. The highest BCUT2D eigenvalue weighted by Gasteiger charge is 2.28. The van der Waals surface area contributed by atoms with Crippen LogP contribution in [-0.2, 0) is 13.1 Å². The number of aryl methyl sites for hydroxylation is 2. The van der Waals surface area contributed by atoms with Crippen LogP contribution in [0.2, 0.25) is 0 Å². The number of nitrogens with zero attached hydrogens (tertiary/aromatic N) is 3. The zero-order chi connectivity index (χ0) is 32.3. The lowest BCUT2D eigenvalue weighted by molar-refractivity contribution is -0.384. The maximum atomic E-state index is 12.2. The molecule has 0 atom stereocenters. The molecule has 0 aliphatic carbocycles. The number of hydrogen-bond donors (Lipinski definition) is 0. The van der Waals surface area contributed by atoms with Crippen LogP contribution >= 0.6 is 0 Å². The molecule has 5 nitrogen and oxygen atoms in total. The van der Waals surface area contributed by atoms with Gasteiger partial charge in [-0.1, -0.05) is 131 Å². The molecule has 7 aromatic rings. The maximum absolute atomic E-state index is 12.2. The van der Waals surface area contributed by atoms with E-state index in [1.165, 1.54) is 76.1 Å². The maximum Gasteiger partial charge on any atom is 0.270 e. The van der Waals surface area contributed by atoms with Crippen molar-refractivity contribution in [1.29, 1.82) is 0 Å². The molecule has 0 spiro atoms. The predicted molar refractivity (Wildman–Crippen MR) is 198 cm³/mol. The number of aromatic nitrogens is 2. The lowest BCUT2D eigenvalue weighted by Gasteiger charge is -2.18. The Labute approximate surface area is 276 Å². The van der Waals surface area contributed by atoms with E-state index < -0.39 is 0 Å². The Morgan fingerprint density at radius 2 is 1.04 bits per heavy atom. The minimum Gasteiger partial charge on any atom is -0.340 e. The number of fused-ring (bicyclic) bond motifs is 6. The van der Waals surface area contributed by atoms with Gasteiger partial charge in [0, 0.05) is 68.9 Å². The van der Waals surface area contributed by atoms with E-state index in [0.717, 1.165) is 54.2 Å². The van der Waals surface area contributed by atoms with E-state index in [1.54, 1.807) is 6.07 Å². The van der Waals surface area contributed by atoms with Crippen molar-refractivity contribution in [3.8, 4) is 22.3 Å². The monoisotopic (exact) mass is 621 g/mol. The second-order valence-electron chi connectivity index (χ2n) is 12.8. The number of para-hydroxylation sites is 1. The molecule has 2 aromatic heterocycles. The number of nitro benzene ring substituents is 1. The van der Waals surface area contributed by atoms with Crippen molar-refractivity contribution in [3.63, 3.8) is 0 Å². The van der Waals surface area contributed by atoms with Crippen molar-refractivity contribution in [2.75, 3.05) is 0 Å². The van der Waals surface area contributed by atoms with Gasteiger partial charge < -0.3 is 9.13 Å². The van der Waals surface area contributed by atoms with Crippen molar-refractivity contribution in [1.82, 2.24) is 9.13 Å². The van der Waals surface area contributed by atoms with Crippen molar-refractivity contribution in [2.24, 2.45) is 0 Å². The Kier molecular flexibility index (Phi) is 8.80. The highest BCUT2D eigenvalue weighted by atomic mass is 16.6. The van der Waals surface area contributed by atoms with E-state index in [0.29, 0.717) is 0 Å². The first-order valence-electron chi connectivity index (χ1n) is 17.4. The van der Waals surface area contributed by atoms with Gasteiger partial charge in [-0.3, -0.25) is 10.1 Å². The molecule has 5 aromatic carbocycles. The number of hydrogen-bond acceptors (Lipinski definition) is 2. The number of rotatable bonds is 13. The largest absolute Gasteiger partial charge is 0.340 e. The third-order valence-corrected chi connectivity index (χ3v) is 9.80. The number of benzene rings is 5. The first kappa shape index (κ1) is 30.7. The normalized spacial score (nSPS) is 11.8. The lowest BCUT2D eigenvalue weighted by Crippen LogP contribution is -2.02. The Balaban J connectivity index is 1.73. The molecule has 0 saturated heterocycles. The standard InChI is InChI=1S/C42H43N3O2/c1-3-5-7-17-27-43-35-24-16-15-23-33(35)39-37(30-19-11-9-12-20-30)42-40(38(41(39)43)31-21-13-10-14-22-31)34-29-32(45(46)47)25-26-36(34)44(42)28-18-8-6-4-2/h9-16,19-26,29H,3-8,17-18,27-28H2,1-2H3. The molecule has 0 aliphatic heterocycles. The van der Waals surface area contributed by atoms with Gasteiger partial charge in [0.1, 0.15) is 0 Å². The molecule has 0 saturated carbocycles. The van der Waals surface area contributed by atoms with Gasteiger partial charge in [-0.25, -0.2) is 0 Å². The summed E-state index contributed by atoms with van der Waals surface area (Å²) in [6.45, 7) is 6.27. The Morgan fingerprint density at radius 3 is 1.57 bits per heavy atom. The van der Waals surface area contributed by atoms with Crippen molar-refractivity contribution in [3.05, 3.63) is 113 Å². The summed E-state index contributed by atoms with van der Waals surface area (Å²) in [5.74, 6) is 0. The van der Waals surface area contributed by atoms with E-state index in [4.69, 9.17) is 0 Å². The van der Waals surface area contributed by atoms with Crippen LogP contribution < -0.4 is 0 Å². The topological polar surface area (TPSA) is 53.0 Å². The zero-order valence-electron chi connectivity index (χ0n) is 27.5. The molecular weight excluding hydrogens is 578 g/mol. The van der Waals surface area contributed by atoms with Crippen LogP contribution in [0.1, 0.15) is 65.2 Å². The minimum atomic E-state index is -0.257.